The van der Waals surface area contributed by atoms with Gasteiger partial charge in [-0.05, 0) is 26.0 Å². The Morgan fingerprint density at radius 3 is 2.56 bits per heavy atom. The topological polar surface area (TPSA) is 68.1 Å². The lowest BCUT2D eigenvalue weighted by Crippen LogP contribution is -2.08. The number of nitrogens with one attached hydrogen (secondary N) is 1. The van der Waals surface area contributed by atoms with Gasteiger partial charge in [-0.15, -0.1) is 11.3 Å². The Kier molecular flexibility index (Phi) is 3.57. The summed E-state index contributed by atoms with van der Waals surface area (Å²) in [4.78, 5) is 14.6. The molecule has 1 aromatic heterocycles. The van der Waals surface area contributed by atoms with Crippen molar-refractivity contribution in [1.29, 1.82) is 0 Å². The van der Waals surface area contributed by atoms with Crippen molar-refractivity contribution in [2.24, 2.45) is 0 Å². The molecule has 0 aliphatic heterocycles. The summed E-state index contributed by atoms with van der Waals surface area (Å²) in [7, 11) is 0. The Hall–Kier alpha value is -1.95. The molecule has 2 aromatic rings. The van der Waals surface area contributed by atoms with Crippen LogP contribution in [0, 0.1) is 10.1 Å². The normalized spacial score (nSPS) is 10.6. The van der Waals surface area contributed by atoms with Gasteiger partial charge in [0.25, 0.3) is 5.69 Å². The molecule has 0 bridgehead atoms. The lowest BCUT2D eigenvalue weighted by Gasteiger charge is -2.04. The minimum Gasteiger partial charge on any atom is -0.359 e. The van der Waals surface area contributed by atoms with E-state index in [9.17, 15) is 10.1 Å². The van der Waals surface area contributed by atoms with E-state index in [4.69, 9.17) is 0 Å². The molecule has 0 spiro atoms. The number of rotatable bonds is 4. The van der Waals surface area contributed by atoms with Crippen molar-refractivity contribution in [1.82, 2.24) is 4.98 Å². The van der Waals surface area contributed by atoms with E-state index in [0.717, 1.165) is 16.4 Å². The summed E-state index contributed by atoms with van der Waals surface area (Å²) >= 11 is 1.53. The number of nitrogens with zero attached hydrogens (tertiary/aromatic N) is 2. The smallest absolute Gasteiger partial charge is 0.269 e. The standard InChI is InChI=1S/C12H13N3O2S/c1-8(2)13-12-14-11(7-18-12)9-3-5-10(6-4-9)15(16)17/h3-8H,1-2H3,(H,13,14). The first kappa shape index (κ1) is 12.5. The number of thiazole rings is 1. The van der Waals surface area contributed by atoms with Gasteiger partial charge >= 0.3 is 0 Å². The van der Waals surface area contributed by atoms with Gasteiger partial charge in [-0.2, -0.15) is 0 Å². The van der Waals surface area contributed by atoms with E-state index < -0.39 is 4.92 Å². The Morgan fingerprint density at radius 1 is 1.33 bits per heavy atom. The highest BCUT2D eigenvalue weighted by molar-refractivity contribution is 7.14. The maximum absolute atomic E-state index is 10.6. The van der Waals surface area contributed by atoms with E-state index in [2.05, 4.69) is 10.3 Å². The predicted octanol–water partition coefficient (Wildman–Crippen LogP) is 3.54. The molecule has 1 heterocycles. The third-order valence-corrected chi connectivity index (χ3v) is 3.06. The summed E-state index contributed by atoms with van der Waals surface area (Å²) in [5.41, 5.74) is 1.81. The highest BCUT2D eigenvalue weighted by Crippen LogP contribution is 2.26. The second-order valence-corrected chi connectivity index (χ2v) is 5.00. The molecule has 0 aliphatic carbocycles. The maximum Gasteiger partial charge on any atom is 0.269 e. The fraction of sp³-hybridized carbons (Fsp3) is 0.250. The molecule has 0 amide bonds. The van der Waals surface area contributed by atoms with Crippen LogP contribution in [0.15, 0.2) is 29.6 Å². The monoisotopic (exact) mass is 263 g/mol. The number of benzene rings is 1. The Labute approximate surface area is 109 Å². The SMILES string of the molecule is CC(C)Nc1nc(-c2ccc([N+](=O)[O-])cc2)cs1. The molecule has 0 radical (unpaired) electrons. The number of hydrogen-bond acceptors (Lipinski definition) is 5. The van der Waals surface area contributed by atoms with Gasteiger partial charge in [0.2, 0.25) is 0 Å². The summed E-state index contributed by atoms with van der Waals surface area (Å²) in [5.74, 6) is 0. The molecule has 1 N–H and O–H groups in total. The highest BCUT2D eigenvalue weighted by Gasteiger charge is 2.08. The van der Waals surface area contributed by atoms with Crippen LogP contribution in [0.2, 0.25) is 0 Å². The van der Waals surface area contributed by atoms with Gasteiger partial charge in [0.15, 0.2) is 5.13 Å². The average Bonchev–Trinajstić information content (AvgIpc) is 2.76. The molecule has 1 aromatic carbocycles. The summed E-state index contributed by atoms with van der Waals surface area (Å²) in [6.45, 7) is 4.10. The number of hydrogen-bond donors (Lipinski definition) is 1. The van der Waals surface area contributed by atoms with E-state index in [1.807, 2.05) is 19.2 Å². The van der Waals surface area contributed by atoms with Crippen molar-refractivity contribution in [2.75, 3.05) is 5.32 Å². The first-order valence-electron chi connectivity index (χ1n) is 5.53. The van der Waals surface area contributed by atoms with Crippen molar-refractivity contribution in [3.05, 3.63) is 39.8 Å². The Morgan fingerprint density at radius 2 is 2.00 bits per heavy atom. The minimum absolute atomic E-state index is 0.0921. The molecule has 18 heavy (non-hydrogen) atoms. The van der Waals surface area contributed by atoms with Crippen LogP contribution in [0.3, 0.4) is 0 Å². The van der Waals surface area contributed by atoms with Crippen molar-refractivity contribution < 1.29 is 4.92 Å². The number of aromatic nitrogens is 1. The van der Waals surface area contributed by atoms with Crippen molar-refractivity contribution >= 4 is 22.2 Å². The van der Waals surface area contributed by atoms with E-state index in [-0.39, 0.29) is 5.69 Å². The molecule has 94 valence electrons. The number of anilines is 1. The summed E-state index contributed by atoms with van der Waals surface area (Å²) in [6, 6.07) is 6.74. The fourth-order valence-corrected chi connectivity index (χ4v) is 2.34. The molecular weight excluding hydrogens is 250 g/mol. The van der Waals surface area contributed by atoms with E-state index in [0.29, 0.717) is 6.04 Å². The average molecular weight is 263 g/mol. The van der Waals surface area contributed by atoms with Crippen LogP contribution in [0.5, 0.6) is 0 Å². The molecule has 6 heteroatoms. The molecule has 0 fully saturated rings. The van der Waals surface area contributed by atoms with Crippen molar-refractivity contribution in [3.63, 3.8) is 0 Å². The van der Waals surface area contributed by atoms with E-state index in [1.165, 1.54) is 23.5 Å². The third kappa shape index (κ3) is 2.84. The lowest BCUT2D eigenvalue weighted by molar-refractivity contribution is -0.384. The van der Waals surface area contributed by atoms with Gasteiger partial charge in [-0.25, -0.2) is 4.98 Å². The van der Waals surface area contributed by atoms with Crippen molar-refractivity contribution in [2.45, 2.75) is 19.9 Å². The van der Waals surface area contributed by atoms with Crippen LogP contribution in [0.4, 0.5) is 10.8 Å². The van der Waals surface area contributed by atoms with Gasteiger partial charge < -0.3 is 5.32 Å². The van der Waals surface area contributed by atoms with E-state index >= 15 is 0 Å². The quantitative estimate of drug-likeness (QED) is 0.676. The predicted molar refractivity (Wildman–Crippen MR) is 73.0 cm³/mol. The fourth-order valence-electron chi connectivity index (χ4n) is 1.47. The first-order valence-corrected chi connectivity index (χ1v) is 6.41. The molecule has 0 saturated heterocycles. The summed E-state index contributed by atoms with van der Waals surface area (Å²) < 4.78 is 0. The van der Waals surface area contributed by atoms with Crippen LogP contribution in [0.25, 0.3) is 11.3 Å². The van der Waals surface area contributed by atoms with Gasteiger partial charge in [0.1, 0.15) is 0 Å². The largest absolute Gasteiger partial charge is 0.359 e. The van der Waals surface area contributed by atoms with Gasteiger partial charge in [-0.3, -0.25) is 10.1 Å². The minimum atomic E-state index is -0.406. The molecule has 0 unspecified atom stereocenters. The second-order valence-electron chi connectivity index (χ2n) is 4.14. The zero-order valence-electron chi connectivity index (χ0n) is 10.1. The molecular formula is C12H13N3O2S. The van der Waals surface area contributed by atoms with Crippen LogP contribution in [-0.4, -0.2) is 15.9 Å². The third-order valence-electron chi connectivity index (χ3n) is 2.29. The van der Waals surface area contributed by atoms with Gasteiger partial charge in [-0.1, -0.05) is 0 Å². The Balaban J connectivity index is 2.20. The molecule has 0 atom stereocenters. The number of nitro benzene ring substituents is 1. The number of non-ortho nitro benzene ring substituents is 1. The van der Waals surface area contributed by atoms with Gasteiger partial charge in [0.05, 0.1) is 10.6 Å². The van der Waals surface area contributed by atoms with Gasteiger partial charge in [0, 0.05) is 29.1 Å². The molecule has 5 nitrogen and oxygen atoms in total. The van der Waals surface area contributed by atoms with E-state index in [1.54, 1.807) is 12.1 Å². The van der Waals surface area contributed by atoms with Crippen LogP contribution in [0.1, 0.15) is 13.8 Å². The highest BCUT2D eigenvalue weighted by atomic mass is 32.1. The van der Waals surface area contributed by atoms with Crippen LogP contribution < -0.4 is 5.32 Å². The summed E-state index contributed by atoms with van der Waals surface area (Å²) in [5, 5.41) is 16.6. The zero-order valence-corrected chi connectivity index (χ0v) is 10.9. The van der Waals surface area contributed by atoms with Crippen LogP contribution in [-0.2, 0) is 0 Å². The zero-order chi connectivity index (χ0) is 13.1. The maximum atomic E-state index is 10.6. The van der Waals surface area contributed by atoms with Crippen molar-refractivity contribution in [3.8, 4) is 11.3 Å². The Bertz CT molecular complexity index is 549. The molecule has 0 saturated carbocycles. The second kappa shape index (κ2) is 5.14. The lowest BCUT2D eigenvalue weighted by atomic mass is 10.1. The molecule has 2 rings (SSSR count). The van der Waals surface area contributed by atoms with Crippen LogP contribution >= 0.6 is 11.3 Å². The number of nitro groups is 1. The summed E-state index contributed by atoms with van der Waals surface area (Å²) in [6.07, 6.45) is 0. The molecule has 0 aliphatic rings. The first-order chi connectivity index (χ1) is 8.56.